The molecule has 0 saturated carbocycles. The van der Waals surface area contributed by atoms with E-state index >= 15 is 0 Å². The van der Waals surface area contributed by atoms with Crippen LogP contribution in [0.4, 0.5) is 0 Å². The normalized spacial score (nSPS) is 10.2. The van der Waals surface area contributed by atoms with E-state index in [4.69, 9.17) is 30.6 Å². The second-order valence-corrected chi connectivity index (χ2v) is 5.98. The van der Waals surface area contributed by atoms with E-state index in [1.165, 1.54) is 0 Å². The van der Waals surface area contributed by atoms with Crippen LogP contribution in [0.2, 0.25) is 0 Å². The number of hydrogen-bond acceptors (Lipinski definition) is 12. The van der Waals surface area contributed by atoms with Crippen LogP contribution in [-0.2, 0) is 37.7 Å². The van der Waals surface area contributed by atoms with Gasteiger partial charge in [-0.2, -0.15) is 0 Å². The van der Waals surface area contributed by atoms with Crippen LogP contribution in [0.25, 0.3) is 0 Å². The molecule has 0 spiro atoms. The lowest BCUT2D eigenvalue weighted by Gasteiger charge is -2.10. The van der Waals surface area contributed by atoms with Crippen molar-refractivity contribution in [1.29, 1.82) is 0 Å². The van der Waals surface area contributed by atoms with E-state index in [-0.39, 0.29) is 20.3 Å². The summed E-state index contributed by atoms with van der Waals surface area (Å²) >= 11 is 0. The molecule has 0 rings (SSSR count). The molecule has 17 heteroatoms. The predicted octanol–water partition coefficient (Wildman–Crippen LogP) is -0.0516. The van der Waals surface area contributed by atoms with Gasteiger partial charge in [-0.1, -0.05) is 7.43 Å². The summed E-state index contributed by atoms with van der Waals surface area (Å²) in [5.41, 5.74) is 0. The van der Waals surface area contributed by atoms with Gasteiger partial charge in [0.15, 0.2) is 0 Å². The first-order valence-electron chi connectivity index (χ1n) is 6.02. The lowest BCUT2D eigenvalue weighted by atomic mass is 10.5. The monoisotopic (exact) mass is 440 g/mol. The minimum absolute atomic E-state index is 0. The Labute approximate surface area is 155 Å². The number of carbonyl (C=O) groups excluding carboxylic acids is 1. The average molecular weight is 440 g/mol. The Hall–Kier alpha value is -1.96. The number of carboxylic acid groups (broad SMARTS) is 3. The zero-order valence-electron chi connectivity index (χ0n) is 13.1. The van der Waals surface area contributed by atoms with Crippen LogP contribution in [0, 0.1) is 0 Å². The molecule has 0 aliphatic rings. The highest BCUT2D eigenvalue weighted by Gasteiger charge is 2.26. The van der Waals surface area contributed by atoms with Gasteiger partial charge in [0.25, 0.3) is 0 Å². The van der Waals surface area contributed by atoms with Gasteiger partial charge in [-0.15, -0.1) is 0 Å². The fourth-order valence-corrected chi connectivity index (χ4v) is 1.94. The molecule has 0 aliphatic carbocycles. The van der Waals surface area contributed by atoms with E-state index in [9.17, 15) is 23.5 Å². The molecule has 0 saturated heterocycles. The Morgan fingerprint density at radius 1 is 0.889 bits per heavy atom. The molecule has 0 aromatic heterocycles. The Balaban J connectivity index is -0.000000180. The largest absolute Gasteiger partial charge is 0.555 e. The first-order valence-corrected chi connectivity index (χ1v) is 8.74. The minimum Gasteiger partial charge on any atom is -0.480 e. The molecular formula is C10H22N2O13P2+2. The molecule has 27 heavy (non-hydrogen) atoms. The zero-order chi connectivity index (χ0) is 21.1. The summed E-state index contributed by atoms with van der Waals surface area (Å²) in [5.74, 6) is -3.57. The van der Waals surface area contributed by atoms with Crippen LogP contribution >= 0.6 is 16.1 Å². The van der Waals surface area contributed by atoms with Gasteiger partial charge in [-0.3, -0.25) is 19.7 Å². The molecule has 0 fully saturated rings. The third-order valence-corrected chi connectivity index (χ3v) is 3.21. The number of nitrogens with one attached hydrogen (secondary N) is 1. The molecule has 15 nitrogen and oxygen atoms in total. The molecule has 158 valence electrons. The fourth-order valence-electron chi connectivity index (χ4n) is 1.01. The first-order chi connectivity index (χ1) is 12.1. The molecule has 0 aromatic carbocycles. The van der Waals surface area contributed by atoms with E-state index in [0.717, 1.165) is 4.90 Å². The summed E-state index contributed by atoms with van der Waals surface area (Å²) in [6.45, 7) is 0.526. The molecule has 0 aromatic rings. The highest BCUT2D eigenvalue weighted by atomic mass is 31.1. The highest BCUT2D eigenvalue weighted by molar-refractivity contribution is 7.39. The topological polar surface area (TPSA) is 237 Å². The number of hydrogen-bond donors (Lipinski definition) is 6. The van der Waals surface area contributed by atoms with Crippen molar-refractivity contribution in [2.45, 2.75) is 7.43 Å². The fraction of sp³-hybridized carbons (Fsp3) is 0.600. The van der Waals surface area contributed by atoms with Crippen LogP contribution in [0.5, 0.6) is 0 Å². The number of carboxylic acids is 3. The van der Waals surface area contributed by atoms with Gasteiger partial charge in [0.2, 0.25) is 12.6 Å². The summed E-state index contributed by atoms with van der Waals surface area (Å²) in [6, 6.07) is 0. The average Bonchev–Trinajstić information content (AvgIpc) is 2.55. The number of aliphatic carboxylic acids is 3. The van der Waals surface area contributed by atoms with Crippen molar-refractivity contribution < 1.29 is 63.5 Å². The van der Waals surface area contributed by atoms with Crippen molar-refractivity contribution in [3.05, 3.63) is 0 Å². The third kappa shape index (κ3) is 29.1. The van der Waals surface area contributed by atoms with E-state index in [1.807, 2.05) is 6.79 Å². The second-order valence-electron chi connectivity index (χ2n) is 3.72. The number of carbonyl (C=O) groups is 4. The van der Waals surface area contributed by atoms with Crippen LogP contribution in [0.1, 0.15) is 7.43 Å². The van der Waals surface area contributed by atoms with Gasteiger partial charge in [-0.25, -0.2) is 15.4 Å². The molecule has 2 unspecified atom stereocenters. The van der Waals surface area contributed by atoms with Crippen molar-refractivity contribution in [2.24, 2.45) is 0 Å². The predicted molar refractivity (Wildman–Crippen MR) is 88.7 cm³/mol. The Kier molecular flexibility index (Phi) is 26.7. The molecule has 0 bridgehead atoms. The molecule has 6 N–H and O–H groups in total. The van der Waals surface area contributed by atoms with Crippen molar-refractivity contribution >= 4 is 40.8 Å². The maximum absolute atomic E-state index is 10.6. The van der Waals surface area contributed by atoms with Crippen LogP contribution in [0.3, 0.4) is 0 Å². The van der Waals surface area contributed by atoms with E-state index < -0.39 is 53.3 Å². The summed E-state index contributed by atoms with van der Waals surface area (Å²) in [6.07, 6.45) is -0.622. The summed E-state index contributed by atoms with van der Waals surface area (Å²) in [5, 5.41) is 42.7. The molecule has 0 amide bonds. The van der Waals surface area contributed by atoms with Gasteiger partial charge in [0.1, 0.15) is 19.9 Å². The Morgan fingerprint density at radius 3 is 1.59 bits per heavy atom. The molecule has 0 aliphatic heterocycles. The lowest BCUT2D eigenvalue weighted by molar-refractivity contribution is -0.142. The summed E-state index contributed by atoms with van der Waals surface area (Å²) in [7, 11) is -4.65. The van der Waals surface area contributed by atoms with Crippen LogP contribution in [-0.4, -0.2) is 87.6 Å². The Morgan fingerprint density at radius 2 is 1.30 bits per heavy atom. The van der Waals surface area contributed by atoms with E-state index in [2.05, 4.69) is 14.7 Å². The first kappa shape index (κ1) is 32.7. The maximum Gasteiger partial charge on any atom is 0.555 e. The second kappa shape index (κ2) is 22.1. The Bertz CT molecular complexity index is 460. The van der Waals surface area contributed by atoms with Gasteiger partial charge >= 0.3 is 34.0 Å². The standard InChI is InChI=1S/C5H8NO7P.C3H6NO5P.CH2O.CH4/c7-4(8)1-6(2-5(9)10)3-14(12)13-11;5-3(6)1-4-2-10(8)9-7;1-2;/h1-3H2,(H2-,7,8,9,10,11);4H,1-2H2,(H-,5,6,7);1H2;1H4/p+2. The summed E-state index contributed by atoms with van der Waals surface area (Å²) in [4.78, 5) is 39.1. The van der Waals surface area contributed by atoms with Gasteiger partial charge < -0.3 is 20.1 Å². The van der Waals surface area contributed by atoms with Gasteiger partial charge in [-0.05, 0) is 9.13 Å². The minimum atomic E-state index is -2.47. The van der Waals surface area contributed by atoms with Gasteiger partial charge in [0, 0.05) is 9.35 Å². The highest BCUT2D eigenvalue weighted by Crippen LogP contribution is 2.20. The lowest BCUT2D eigenvalue weighted by Crippen LogP contribution is -2.34. The molecule has 0 heterocycles. The van der Waals surface area contributed by atoms with E-state index in [1.54, 1.807) is 0 Å². The SMILES string of the molecule is C.C=O.O=C(O)CN(CC(=O)O)C[P+](=O)OO.O=C(O)CNC[P+](=O)OO. The molecule has 0 radical (unpaired) electrons. The maximum atomic E-state index is 10.6. The van der Waals surface area contributed by atoms with Crippen LogP contribution < -0.4 is 5.32 Å². The molecule has 2 atom stereocenters. The van der Waals surface area contributed by atoms with Crippen molar-refractivity contribution in [2.75, 3.05) is 32.2 Å². The molecular weight excluding hydrogens is 418 g/mol. The summed E-state index contributed by atoms with van der Waals surface area (Å²) < 4.78 is 27.7. The van der Waals surface area contributed by atoms with Crippen molar-refractivity contribution in [1.82, 2.24) is 10.2 Å². The third-order valence-electron chi connectivity index (χ3n) is 1.73. The van der Waals surface area contributed by atoms with Crippen molar-refractivity contribution in [3.8, 4) is 0 Å². The van der Waals surface area contributed by atoms with Gasteiger partial charge in [0.05, 0.1) is 6.54 Å². The number of rotatable bonds is 12. The quantitative estimate of drug-likeness (QED) is 0.132. The van der Waals surface area contributed by atoms with E-state index in [0.29, 0.717) is 0 Å². The van der Waals surface area contributed by atoms with Crippen LogP contribution in [0.15, 0.2) is 0 Å². The van der Waals surface area contributed by atoms with Crippen molar-refractivity contribution in [3.63, 3.8) is 0 Å². The number of nitrogens with zero attached hydrogens (tertiary/aromatic N) is 1. The smallest absolute Gasteiger partial charge is 0.480 e. The zero-order valence-corrected chi connectivity index (χ0v) is 14.9.